The first kappa shape index (κ1) is 25.4. The van der Waals surface area contributed by atoms with E-state index in [1.807, 2.05) is 18.0 Å². The van der Waals surface area contributed by atoms with Crippen LogP contribution in [0.2, 0.25) is 0 Å². The Labute approximate surface area is 217 Å². The molecule has 3 fully saturated rings. The molecule has 35 heavy (non-hydrogen) atoms. The van der Waals surface area contributed by atoms with Crippen LogP contribution in [0.15, 0.2) is 24.3 Å². The van der Waals surface area contributed by atoms with Crippen molar-refractivity contribution in [2.75, 3.05) is 43.8 Å². The topological polar surface area (TPSA) is 59.1 Å². The molecule has 1 saturated carbocycles. The summed E-state index contributed by atoms with van der Waals surface area (Å²) < 4.78 is 12.2. The van der Waals surface area contributed by atoms with Crippen LogP contribution in [-0.2, 0) is 24.5 Å². The molecule has 6 atom stereocenters. The maximum atomic E-state index is 13.8. The molecule has 0 radical (unpaired) electrons. The Balaban J connectivity index is 1.76. The Hall–Kier alpha value is -1.22. The molecule has 3 heterocycles. The number of anilines is 1. The van der Waals surface area contributed by atoms with Gasteiger partial charge in [0, 0.05) is 50.4 Å². The highest BCUT2D eigenvalue weighted by Gasteiger charge is 2.69. The van der Waals surface area contributed by atoms with Crippen LogP contribution in [0.25, 0.3) is 0 Å². The average Bonchev–Trinajstić information content (AvgIpc) is 3.08. The zero-order valence-electron chi connectivity index (χ0n) is 21.3. The molecular formula is C27H38N2O4S2. The Morgan fingerprint density at radius 1 is 1.26 bits per heavy atom. The number of para-hydroxylation sites is 1. The number of fused-ring (bicyclic) bond motifs is 3. The van der Waals surface area contributed by atoms with Gasteiger partial charge in [0.2, 0.25) is 12.3 Å². The maximum absolute atomic E-state index is 13.8. The molecule has 0 aromatic heterocycles. The number of methoxy groups -OCH3 is 1. The van der Waals surface area contributed by atoms with E-state index in [4.69, 9.17) is 9.47 Å². The first-order chi connectivity index (χ1) is 17.0. The van der Waals surface area contributed by atoms with Crippen molar-refractivity contribution >= 4 is 41.5 Å². The quantitative estimate of drug-likeness (QED) is 0.361. The summed E-state index contributed by atoms with van der Waals surface area (Å²) in [6, 6.07) is 8.32. The first-order valence-corrected chi connectivity index (χ1v) is 14.9. The Bertz CT molecular complexity index is 955. The summed E-state index contributed by atoms with van der Waals surface area (Å²) in [7, 11) is 3.67. The molecule has 8 heteroatoms. The number of carbonyl (C=O) groups is 2. The summed E-state index contributed by atoms with van der Waals surface area (Å²) in [6.07, 6.45) is 3.99. The number of benzene rings is 1. The molecule has 6 nitrogen and oxygen atoms in total. The van der Waals surface area contributed by atoms with Crippen LogP contribution in [0.3, 0.4) is 0 Å². The fourth-order valence-corrected chi connectivity index (χ4v) is 11.3. The standard InChI is InChI=1S/C27H38N2O4S2/c1-5-34-27(35-6-2)12-14-33-21-16-23(31)29-20-10-8-7-9-18(20)26(11-13-32-4)22(28(3)17-30)15-19(27)24(21)25(26)29/h7-10,17,19,21-22,24-25H,5-6,11-16H2,1-4H3. The number of nitrogens with zero attached hydrogens (tertiary/aromatic N) is 2. The molecule has 0 spiro atoms. The molecule has 5 rings (SSSR count). The molecule has 1 aromatic carbocycles. The predicted molar refractivity (Wildman–Crippen MR) is 143 cm³/mol. The van der Waals surface area contributed by atoms with E-state index in [0.29, 0.717) is 25.6 Å². The highest BCUT2D eigenvalue weighted by Crippen LogP contribution is 2.66. The van der Waals surface area contributed by atoms with Crippen molar-refractivity contribution < 1.29 is 19.1 Å². The van der Waals surface area contributed by atoms with Gasteiger partial charge < -0.3 is 19.3 Å². The average molecular weight is 519 g/mol. The number of hydrogen-bond acceptors (Lipinski definition) is 6. The molecule has 192 valence electrons. The minimum absolute atomic E-state index is 0.0130. The van der Waals surface area contributed by atoms with Gasteiger partial charge in [-0.05, 0) is 48.3 Å². The van der Waals surface area contributed by atoms with Gasteiger partial charge in [0.25, 0.3) is 0 Å². The largest absolute Gasteiger partial charge is 0.385 e. The summed E-state index contributed by atoms with van der Waals surface area (Å²) in [6.45, 7) is 5.75. The Morgan fingerprint density at radius 2 is 2.00 bits per heavy atom. The normalized spacial score (nSPS) is 34.7. The van der Waals surface area contributed by atoms with Gasteiger partial charge in [-0.25, -0.2) is 0 Å². The number of rotatable bonds is 9. The minimum atomic E-state index is -0.384. The van der Waals surface area contributed by atoms with E-state index < -0.39 is 0 Å². The predicted octanol–water partition coefficient (Wildman–Crippen LogP) is 4.16. The van der Waals surface area contributed by atoms with Crippen molar-refractivity contribution in [1.82, 2.24) is 4.90 Å². The van der Waals surface area contributed by atoms with Crippen molar-refractivity contribution in [2.45, 2.75) is 67.2 Å². The molecule has 0 bridgehead atoms. The van der Waals surface area contributed by atoms with Crippen molar-refractivity contribution in [3.05, 3.63) is 29.8 Å². The second-order valence-electron chi connectivity index (χ2n) is 10.3. The van der Waals surface area contributed by atoms with Gasteiger partial charge in [-0.15, -0.1) is 23.5 Å². The van der Waals surface area contributed by atoms with Crippen LogP contribution in [0.1, 0.15) is 45.1 Å². The molecule has 4 aliphatic rings. The highest BCUT2D eigenvalue weighted by atomic mass is 32.2. The summed E-state index contributed by atoms with van der Waals surface area (Å²) >= 11 is 4.11. The van der Waals surface area contributed by atoms with E-state index in [0.717, 1.165) is 42.9 Å². The van der Waals surface area contributed by atoms with Gasteiger partial charge in [0.1, 0.15) is 0 Å². The van der Waals surface area contributed by atoms with Gasteiger partial charge in [0.15, 0.2) is 0 Å². The fourth-order valence-electron chi connectivity index (χ4n) is 7.89. The lowest BCUT2D eigenvalue weighted by atomic mass is 9.53. The van der Waals surface area contributed by atoms with Crippen molar-refractivity contribution in [3.8, 4) is 0 Å². The minimum Gasteiger partial charge on any atom is -0.385 e. The van der Waals surface area contributed by atoms with Crippen LogP contribution in [0, 0.1) is 11.8 Å². The van der Waals surface area contributed by atoms with Crippen LogP contribution in [-0.4, -0.2) is 78.4 Å². The van der Waals surface area contributed by atoms with Crippen molar-refractivity contribution in [2.24, 2.45) is 11.8 Å². The Morgan fingerprint density at radius 3 is 2.69 bits per heavy atom. The van der Waals surface area contributed by atoms with Crippen LogP contribution >= 0.6 is 23.5 Å². The molecule has 0 N–H and O–H groups in total. The second kappa shape index (κ2) is 9.92. The van der Waals surface area contributed by atoms with Crippen molar-refractivity contribution in [3.63, 3.8) is 0 Å². The highest BCUT2D eigenvalue weighted by molar-refractivity contribution is 8.18. The lowest BCUT2D eigenvalue weighted by Gasteiger charge is -2.61. The lowest BCUT2D eigenvalue weighted by molar-refractivity contribution is -0.136. The Kier molecular flexibility index (Phi) is 7.21. The third-order valence-corrected chi connectivity index (χ3v) is 12.2. The number of amides is 2. The SMILES string of the molecule is CCSC1(SCC)CCOC2CC(=O)N3c4ccccc4C4(CCOC)C(N(C)C=O)CC1C2C34. The number of carbonyl (C=O) groups excluding carboxylic acids is 2. The summed E-state index contributed by atoms with van der Waals surface area (Å²) in [5, 5.41) is 0. The zero-order chi connectivity index (χ0) is 24.8. The first-order valence-electron chi connectivity index (χ1n) is 13.0. The molecule has 2 saturated heterocycles. The monoisotopic (exact) mass is 518 g/mol. The molecule has 6 unspecified atom stereocenters. The van der Waals surface area contributed by atoms with E-state index >= 15 is 0 Å². The number of piperidine rings is 1. The molecule has 1 aromatic rings. The lowest BCUT2D eigenvalue weighted by Crippen LogP contribution is -2.71. The fraction of sp³-hybridized carbons (Fsp3) is 0.704. The number of thioether (sulfide) groups is 2. The van der Waals surface area contributed by atoms with Gasteiger partial charge in [-0.3, -0.25) is 9.59 Å². The third kappa shape index (κ3) is 3.69. The van der Waals surface area contributed by atoms with E-state index in [-0.39, 0.29) is 39.5 Å². The molecule has 2 amide bonds. The van der Waals surface area contributed by atoms with Crippen LogP contribution in [0.4, 0.5) is 5.69 Å². The van der Waals surface area contributed by atoms with Gasteiger partial charge >= 0.3 is 0 Å². The molecular weight excluding hydrogens is 480 g/mol. The number of hydrogen-bond donors (Lipinski definition) is 0. The number of likely N-dealkylation sites (N-methyl/N-ethyl adjacent to an activating group) is 1. The molecule has 3 aliphatic heterocycles. The van der Waals surface area contributed by atoms with E-state index in [1.54, 1.807) is 7.11 Å². The molecule has 1 aliphatic carbocycles. The second-order valence-corrected chi connectivity index (χ2v) is 13.7. The summed E-state index contributed by atoms with van der Waals surface area (Å²) in [4.78, 5) is 30.1. The van der Waals surface area contributed by atoms with Crippen LogP contribution < -0.4 is 4.90 Å². The van der Waals surface area contributed by atoms with E-state index in [2.05, 4.69) is 60.5 Å². The van der Waals surface area contributed by atoms with E-state index in [1.165, 1.54) is 5.56 Å². The third-order valence-electron chi connectivity index (χ3n) is 8.95. The summed E-state index contributed by atoms with van der Waals surface area (Å²) in [5.41, 5.74) is 1.82. The van der Waals surface area contributed by atoms with Crippen molar-refractivity contribution in [1.29, 1.82) is 0 Å². The van der Waals surface area contributed by atoms with Crippen LogP contribution in [0.5, 0.6) is 0 Å². The number of ether oxygens (including phenoxy) is 2. The smallest absolute Gasteiger partial charge is 0.229 e. The summed E-state index contributed by atoms with van der Waals surface area (Å²) in [5.74, 6) is 2.78. The van der Waals surface area contributed by atoms with Gasteiger partial charge in [-0.2, -0.15) is 0 Å². The maximum Gasteiger partial charge on any atom is 0.229 e. The van der Waals surface area contributed by atoms with E-state index in [9.17, 15) is 9.59 Å². The zero-order valence-corrected chi connectivity index (χ0v) is 22.9. The van der Waals surface area contributed by atoms with Gasteiger partial charge in [-0.1, -0.05) is 32.0 Å². The van der Waals surface area contributed by atoms with Gasteiger partial charge in [0.05, 0.1) is 22.6 Å².